The third kappa shape index (κ3) is 2.32. The lowest BCUT2D eigenvalue weighted by Crippen LogP contribution is -2.46. The molecule has 2 rings (SSSR count). The predicted molar refractivity (Wildman–Crippen MR) is 63.7 cm³/mol. The topological polar surface area (TPSA) is 36.4 Å². The molecule has 15 heavy (non-hydrogen) atoms. The van der Waals surface area contributed by atoms with E-state index in [0.29, 0.717) is 6.54 Å². The van der Waals surface area contributed by atoms with E-state index in [4.69, 9.17) is 0 Å². The normalized spacial score (nSPS) is 27.1. The van der Waals surface area contributed by atoms with Crippen LogP contribution in [-0.2, 0) is 0 Å². The average Bonchev–Trinajstić information content (AvgIpc) is 2.45. The van der Waals surface area contributed by atoms with Crippen molar-refractivity contribution in [3.63, 3.8) is 0 Å². The van der Waals surface area contributed by atoms with Gasteiger partial charge in [0, 0.05) is 18.0 Å². The Labute approximate surface area is 94.8 Å². The smallest absolute Gasteiger partial charge is 0.185 e. The highest BCUT2D eigenvalue weighted by atomic mass is 32.1. The Hall–Kier alpha value is -0.610. The van der Waals surface area contributed by atoms with Crippen LogP contribution in [0.3, 0.4) is 0 Å². The second-order valence-corrected chi connectivity index (χ2v) is 5.84. The number of aliphatic hydroxyl groups is 1. The van der Waals surface area contributed by atoms with E-state index < -0.39 is 5.60 Å². The van der Waals surface area contributed by atoms with Crippen LogP contribution in [-0.4, -0.2) is 28.8 Å². The molecule has 0 saturated carbocycles. The van der Waals surface area contributed by atoms with E-state index in [2.05, 4.69) is 16.8 Å². The highest BCUT2D eigenvalue weighted by Gasteiger charge is 2.29. The summed E-state index contributed by atoms with van der Waals surface area (Å²) in [6.45, 7) is 7.77. The number of thiazole rings is 1. The van der Waals surface area contributed by atoms with Gasteiger partial charge in [-0.3, -0.25) is 0 Å². The first kappa shape index (κ1) is 10.9. The van der Waals surface area contributed by atoms with Gasteiger partial charge >= 0.3 is 0 Å². The summed E-state index contributed by atoms with van der Waals surface area (Å²) in [5, 5.41) is 11.1. The molecule has 2 heterocycles. The van der Waals surface area contributed by atoms with Crippen molar-refractivity contribution in [2.24, 2.45) is 0 Å². The van der Waals surface area contributed by atoms with Crippen LogP contribution in [0.1, 0.15) is 30.3 Å². The molecule has 1 saturated heterocycles. The molecule has 3 nitrogen and oxygen atoms in total. The summed E-state index contributed by atoms with van der Waals surface area (Å²) >= 11 is 1.73. The van der Waals surface area contributed by atoms with Crippen LogP contribution in [0, 0.1) is 13.8 Å². The van der Waals surface area contributed by atoms with Gasteiger partial charge in [0.1, 0.15) is 0 Å². The molecule has 0 aromatic carbocycles. The first-order chi connectivity index (χ1) is 6.98. The van der Waals surface area contributed by atoms with Crippen molar-refractivity contribution in [1.29, 1.82) is 0 Å². The summed E-state index contributed by atoms with van der Waals surface area (Å²) in [5.41, 5.74) is 0.561. The largest absolute Gasteiger partial charge is 0.388 e. The molecule has 1 N–H and O–H groups in total. The number of aromatic nitrogens is 1. The van der Waals surface area contributed by atoms with Crippen molar-refractivity contribution in [3.8, 4) is 0 Å². The van der Waals surface area contributed by atoms with Crippen LogP contribution in [0.5, 0.6) is 0 Å². The first-order valence-electron chi connectivity index (χ1n) is 5.39. The lowest BCUT2D eigenvalue weighted by Gasteiger charge is -2.36. The van der Waals surface area contributed by atoms with Crippen molar-refractivity contribution < 1.29 is 5.11 Å². The molecule has 4 heteroatoms. The lowest BCUT2D eigenvalue weighted by atomic mass is 9.96. The molecule has 1 aromatic heterocycles. The molecule has 1 unspecified atom stereocenters. The Balaban J connectivity index is 2.17. The maximum atomic E-state index is 10.0. The average molecular weight is 226 g/mol. The highest BCUT2D eigenvalue weighted by Crippen LogP contribution is 2.30. The molecule has 0 radical (unpaired) electrons. The monoisotopic (exact) mass is 226 g/mol. The minimum Gasteiger partial charge on any atom is -0.388 e. The predicted octanol–water partition coefficient (Wildman–Crippen LogP) is 2.11. The van der Waals surface area contributed by atoms with E-state index in [9.17, 15) is 5.11 Å². The van der Waals surface area contributed by atoms with Crippen LogP contribution >= 0.6 is 11.3 Å². The van der Waals surface area contributed by atoms with E-state index in [1.54, 1.807) is 11.3 Å². The van der Waals surface area contributed by atoms with Crippen LogP contribution in [0.25, 0.3) is 0 Å². The molecule has 0 aliphatic carbocycles. The summed E-state index contributed by atoms with van der Waals surface area (Å²) in [7, 11) is 0. The third-order valence-corrected chi connectivity index (χ3v) is 4.10. The first-order valence-corrected chi connectivity index (χ1v) is 6.21. The van der Waals surface area contributed by atoms with Crippen LogP contribution in [0.2, 0.25) is 0 Å². The number of nitrogens with zero attached hydrogens (tertiary/aromatic N) is 2. The van der Waals surface area contributed by atoms with Crippen molar-refractivity contribution in [3.05, 3.63) is 10.6 Å². The van der Waals surface area contributed by atoms with Gasteiger partial charge < -0.3 is 10.0 Å². The number of anilines is 1. The summed E-state index contributed by atoms with van der Waals surface area (Å²) in [5.74, 6) is 0. The van der Waals surface area contributed by atoms with Crippen molar-refractivity contribution in [2.45, 2.75) is 39.2 Å². The third-order valence-electron chi connectivity index (χ3n) is 2.96. The Morgan fingerprint density at radius 2 is 2.20 bits per heavy atom. The SMILES string of the molecule is Cc1nc(N2CCCC(C)(O)C2)sc1C. The molecule has 1 aromatic rings. The molecule has 84 valence electrons. The van der Waals surface area contributed by atoms with Gasteiger partial charge in [0.15, 0.2) is 5.13 Å². The Bertz CT molecular complexity index is 340. The van der Waals surface area contributed by atoms with Gasteiger partial charge in [-0.25, -0.2) is 4.98 Å². The zero-order chi connectivity index (χ0) is 11.1. The lowest BCUT2D eigenvalue weighted by molar-refractivity contribution is 0.0449. The minimum atomic E-state index is -0.550. The van der Waals surface area contributed by atoms with Gasteiger partial charge in [0.2, 0.25) is 0 Å². The van der Waals surface area contributed by atoms with Crippen molar-refractivity contribution in [2.75, 3.05) is 18.0 Å². The maximum Gasteiger partial charge on any atom is 0.185 e. The van der Waals surface area contributed by atoms with Gasteiger partial charge in [-0.05, 0) is 33.6 Å². The molecular weight excluding hydrogens is 208 g/mol. The van der Waals surface area contributed by atoms with Gasteiger partial charge in [0.05, 0.1) is 11.3 Å². The number of rotatable bonds is 1. The summed E-state index contributed by atoms with van der Waals surface area (Å²) < 4.78 is 0. The summed E-state index contributed by atoms with van der Waals surface area (Å²) in [6, 6.07) is 0. The number of piperidine rings is 1. The fraction of sp³-hybridized carbons (Fsp3) is 0.727. The second kappa shape index (κ2) is 3.76. The molecule has 1 aliphatic rings. The van der Waals surface area contributed by atoms with Crippen molar-refractivity contribution >= 4 is 16.5 Å². The van der Waals surface area contributed by atoms with E-state index >= 15 is 0 Å². The Morgan fingerprint density at radius 1 is 1.47 bits per heavy atom. The van der Waals surface area contributed by atoms with Gasteiger partial charge in [0.25, 0.3) is 0 Å². The second-order valence-electron chi connectivity index (χ2n) is 4.66. The summed E-state index contributed by atoms with van der Waals surface area (Å²) in [6.07, 6.45) is 1.94. The van der Waals surface area contributed by atoms with E-state index in [1.807, 2.05) is 13.8 Å². The van der Waals surface area contributed by atoms with Crippen LogP contribution < -0.4 is 4.90 Å². The molecule has 1 atom stereocenters. The van der Waals surface area contributed by atoms with Gasteiger partial charge in [-0.2, -0.15) is 0 Å². The van der Waals surface area contributed by atoms with Gasteiger partial charge in [-0.1, -0.05) is 0 Å². The number of hydrogen-bond donors (Lipinski definition) is 1. The molecule has 1 fully saturated rings. The van der Waals surface area contributed by atoms with E-state index in [1.165, 1.54) is 4.88 Å². The molecule has 0 bridgehead atoms. The zero-order valence-electron chi connectivity index (χ0n) is 9.58. The maximum absolute atomic E-state index is 10.0. The Morgan fingerprint density at radius 3 is 2.73 bits per heavy atom. The number of hydrogen-bond acceptors (Lipinski definition) is 4. The number of β-amino-alcohol motifs (C(OH)–C–C–N with tert-alkyl or cyclic N) is 1. The quantitative estimate of drug-likeness (QED) is 0.797. The summed E-state index contributed by atoms with van der Waals surface area (Å²) in [4.78, 5) is 8.01. The van der Waals surface area contributed by atoms with Gasteiger partial charge in [-0.15, -0.1) is 11.3 Å². The molecular formula is C11H18N2OS. The van der Waals surface area contributed by atoms with E-state index in [0.717, 1.165) is 30.2 Å². The van der Waals surface area contributed by atoms with Crippen LogP contribution in [0.4, 0.5) is 5.13 Å². The van der Waals surface area contributed by atoms with Crippen LogP contribution in [0.15, 0.2) is 0 Å². The minimum absolute atomic E-state index is 0.550. The fourth-order valence-corrected chi connectivity index (χ4v) is 2.91. The highest BCUT2D eigenvalue weighted by molar-refractivity contribution is 7.15. The standard InChI is InChI=1S/C11H18N2OS/c1-8-9(2)15-10(12-8)13-6-4-5-11(3,14)7-13/h14H,4-7H2,1-3H3. The fourth-order valence-electron chi connectivity index (χ4n) is 1.97. The van der Waals surface area contributed by atoms with Crippen molar-refractivity contribution in [1.82, 2.24) is 4.98 Å². The molecule has 0 spiro atoms. The molecule has 1 aliphatic heterocycles. The van der Waals surface area contributed by atoms with E-state index in [-0.39, 0.29) is 0 Å². The Kier molecular flexibility index (Phi) is 2.73. The number of aryl methyl sites for hydroxylation is 2. The zero-order valence-corrected chi connectivity index (χ0v) is 10.4. The molecule has 0 amide bonds.